The highest BCUT2D eigenvalue weighted by atomic mass is 17.2. The first kappa shape index (κ1) is 46.0. The van der Waals surface area contributed by atoms with E-state index in [2.05, 4.69) is 27.8 Å². The molecule has 4 aliphatic rings. The molecule has 9 atom stereocenters. The number of phenols is 2. The van der Waals surface area contributed by atoms with Gasteiger partial charge in [-0.05, 0) is 85.4 Å². The highest BCUT2D eigenvalue weighted by Crippen LogP contribution is 2.51. The molecule has 68 heavy (non-hydrogen) atoms. The van der Waals surface area contributed by atoms with Crippen molar-refractivity contribution < 1.29 is 59.5 Å². The number of nitrogens with zero attached hydrogens (tertiary/aromatic N) is 1. The summed E-state index contributed by atoms with van der Waals surface area (Å²) in [6, 6.07) is 12.6. The second-order valence-corrected chi connectivity index (χ2v) is 19.4. The molecule has 0 radical (unpaired) electrons. The molecule has 17 nitrogen and oxygen atoms in total. The Morgan fingerprint density at radius 1 is 0.985 bits per heavy atom. The van der Waals surface area contributed by atoms with Gasteiger partial charge in [-0.2, -0.15) is 0 Å². The Labute approximate surface area is 390 Å². The van der Waals surface area contributed by atoms with E-state index in [1.807, 2.05) is 29.2 Å². The highest BCUT2D eigenvalue weighted by Gasteiger charge is 2.56. The zero-order valence-electron chi connectivity index (χ0n) is 37.6. The van der Waals surface area contributed by atoms with Gasteiger partial charge in [0.25, 0.3) is 0 Å². The average molecular weight is 935 g/mol. The van der Waals surface area contributed by atoms with Crippen LogP contribution in [0.5, 0.6) is 17.2 Å². The SMILES string of the molecule is Cc1cc(=O)c2cc3c(c(-n4cc5cc[nH]c5c4)c2o1)OC1(CC(C2CNC(=O)C2)C=CC1CNC1CCCC1)C(OOCC(O)(Cc1ccc(O)c2ccc(O)cc12)C(O)C(O)C(O)CO)C3. The van der Waals surface area contributed by atoms with Crippen molar-refractivity contribution in [2.45, 2.75) is 100.0 Å². The fourth-order valence-electron chi connectivity index (χ4n) is 11.1. The molecular weight excluding hydrogens is 877 g/mol. The number of benzene rings is 3. The molecular formula is C51H58N4O13. The third-order valence-electron chi connectivity index (χ3n) is 14.9. The first-order chi connectivity index (χ1) is 32.7. The van der Waals surface area contributed by atoms with Crippen LogP contribution >= 0.6 is 0 Å². The fraction of sp³-hybridized carbons (Fsp3) is 0.451. The van der Waals surface area contributed by atoms with Gasteiger partial charge < -0.3 is 65.1 Å². The van der Waals surface area contributed by atoms with Crippen LogP contribution in [-0.4, -0.2) is 119 Å². The number of aromatic amines is 1. The Balaban J connectivity index is 1.08. The van der Waals surface area contributed by atoms with Crippen molar-refractivity contribution in [3.63, 3.8) is 0 Å². The van der Waals surface area contributed by atoms with Gasteiger partial charge in [-0.15, -0.1) is 0 Å². The molecule has 0 bridgehead atoms. The van der Waals surface area contributed by atoms with Crippen LogP contribution in [0.2, 0.25) is 0 Å². The lowest BCUT2D eigenvalue weighted by Crippen LogP contribution is -2.62. The smallest absolute Gasteiger partial charge is 0.220 e. The molecule has 3 aromatic carbocycles. The van der Waals surface area contributed by atoms with Crippen molar-refractivity contribution in [1.82, 2.24) is 20.2 Å². The number of carbonyl (C=O) groups is 1. The van der Waals surface area contributed by atoms with Crippen LogP contribution in [0.4, 0.5) is 0 Å². The number of carbonyl (C=O) groups excluding carboxylic acids is 1. The summed E-state index contributed by atoms with van der Waals surface area (Å²) in [5.41, 5.74) is -1.27. The van der Waals surface area contributed by atoms with E-state index in [1.165, 1.54) is 36.4 Å². The van der Waals surface area contributed by atoms with E-state index < -0.39 is 55.3 Å². The molecule has 2 fully saturated rings. The first-order valence-corrected chi connectivity index (χ1v) is 23.5. The van der Waals surface area contributed by atoms with Crippen molar-refractivity contribution >= 4 is 38.6 Å². The largest absolute Gasteiger partial charge is 0.508 e. The van der Waals surface area contributed by atoms with Gasteiger partial charge in [-0.3, -0.25) is 9.59 Å². The van der Waals surface area contributed by atoms with Crippen LogP contribution in [0.3, 0.4) is 0 Å². The van der Waals surface area contributed by atoms with Gasteiger partial charge in [0.15, 0.2) is 16.8 Å². The Hall–Kier alpha value is -5.76. The number of hydrogen-bond acceptors (Lipinski definition) is 14. The van der Waals surface area contributed by atoms with Gasteiger partial charge in [0.1, 0.15) is 65.2 Å². The third-order valence-corrected chi connectivity index (χ3v) is 14.9. The zero-order chi connectivity index (χ0) is 47.5. The quantitative estimate of drug-likeness (QED) is 0.0399. The number of aromatic nitrogens is 2. The van der Waals surface area contributed by atoms with E-state index in [4.69, 9.17) is 18.9 Å². The number of aliphatic hydroxyl groups is 5. The molecule has 1 saturated heterocycles. The molecule has 9 unspecified atom stereocenters. The number of fused-ring (bicyclic) bond motifs is 4. The summed E-state index contributed by atoms with van der Waals surface area (Å²) in [7, 11) is 0. The van der Waals surface area contributed by atoms with Crippen molar-refractivity contribution in [3.8, 4) is 22.9 Å². The Bertz CT molecular complexity index is 2910. The molecule has 2 aliphatic heterocycles. The minimum absolute atomic E-state index is 0.0426. The number of phenolic OH excluding ortho intramolecular Hbond substituents is 2. The maximum Gasteiger partial charge on any atom is 0.220 e. The number of aromatic hydroxyl groups is 2. The monoisotopic (exact) mass is 934 g/mol. The Morgan fingerprint density at radius 3 is 2.57 bits per heavy atom. The molecule has 1 amide bonds. The second-order valence-electron chi connectivity index (χ2n) is 19.4. The number of nitrogens with one attached hydrogen (secondary N) is 3. The fourth-order valence-corrected chi connectivity index (χ4v) is 11.1. The van der Waals surface area contributed by atoms with Gasteiger partial charge in [0, 0.05) is 85.3 Å². The number of hydrogen-bond donors (Lipinski definition) is 10. The standard InChI is InChI=1S/C51H58N4O13/c1-27-14-41(59)38-15-31-16-43(68-65-26-50(64,49(63)46(62)42(60)25-56)19-29-7-11-40(58)36-10-9-35(57)18-37(29)36)51(67-47(31)45(48(38)66-27)55-23-30-12-13-52-39(30)24-55)20-28(32-17-44(61)54-21-32)6-8-33(51)22-53-34-4-2-3-5-34/h6-15,18,23-24,28,32-34,42-43,46,49,52-53,56-58,60,62-64H,2-5,16-17,19-22,25-26H2,1H3,(H,54,61). The van der Waals surface area contributed by atoms with E-state index in [0.29, 0.717) is 76.0 Å². The lowest BCUT2D eigenvalue weighted by molar-refractivity contribution is -0.376. The third kappa shape index (κ3) is 8.44. The molecule has 10 N–H and O–H groups in total. The maximum atomic E-state index is 13.8. The van der Waals surface area contributed by atoms with Gasteiger partial charge in [0.05, 0.1) is 17.5 Å². The Kier molecular flexibility index (Phi) is 12.4. The summed E-state index contributed by atoms with van der Waals surface area (Å²) >= 11 is 0. The van der Waals surface area contributed by atoms with E-state index in [9.17, 15) is 45.3 Å². The number of allylic oxidation sites excluding steroid dienone is 1. The topological polar surface area (TPSA) is 261 Å². The van der Waals surface area contributed by atoms with Crippen LogP contribution in [0.1, 0.15) is 55.4 Å². The van der Waals surface area contributed by atoms with Crippen LogP contribution < -0.4 is 20.8 Å². The van der Waals surface area contributed by atoms with Crippen molar-refractivity contribution in [2.24, 2.45) is 17.8 Å². The number of H-pyrrole nitrogens is 1. The molecule has 2 aliphatic carbocycles. The molecule has 1 spiro atoms. The van der Waals surface area contributed by atoms with E-state index >= 15 is 0 Å². The lowest BCUT2D eigenvalue weighted by atomic mass is 9.66. The highest BCUT2D eigenvalue weighted by molar-refractivity contribution is 5.93. The molecule has 10 rings (SSSR count). The zero-order valence-corrected chi connectivity index (χ0v) is 37.6. The summed E-state index contributed by atoms with van der Waals surface area (Å²) in [5.74, 6) is 0.0404. The predicted molar refractivity (Wildman–Crippen MR) is 249 cm³/mol. The normalized spacial score (nSPS) is 25.2. The molecule has 360 valence electrons. The number of amides is 1. The summed E-state index contributed by atoms with van der Waals surface area (Å²) in [6.07, 6.45) is 7.64. The molecule has 3 aromatic heterocycles. The average Bonchev–Trinajstić information content (AvgIpc) is 4.16. The summed E-state index contributed by atoms with van der Waals surface area (Å²) < 4.78 is 15.9. The van der Waals surface area contributed by atoms with Crippen LogP contribution in [0.25, 0.3) is 38.3 Å². The molecule has 6 aromatic rings. The van der Waals surface area contributed by atoms with Crippen molar-refractivity contribution in [3.05, 3.63) is 106 Å². The van der Waals surface area contributed by atoms with E-state index in [1.54, 1.807) is 13.0 Å². The summed E-state index contributed by atoms with van der Waals surface area (Å²) in [4.78, 5) is 42.5. The molecule has 17 heteroatoms. The van der Waals surface area contributed by atoms with Gasteiger partial charge in [0.2, 0.25) is 5.91 Å². The van der Waals surface area contributed by atoms with Crippen molar-refractivity contribution in [2.75, 3.05) is 26.3 Å². The summed E-state index contributed by atoms with van der Waals surface area (Å²) in [5, 5.41) is 85.3. The van der Waals surface area contributed by atoms with Crippen molar-refractivity contribution in [1.29, 1.82) is 0 Å². The number of aliphatic hydroxyl groups excluding tert-OH is 4. The number of aryl methyl sites for hydroxylation is 1. The molecule has 1 saturated carbocycles. The van der Waals surface area contributed by atoms with Crippen LogP contribution in [0, 0.1) is 24.7 Å². The van der Waals surface area contributed by atoms with Gasteiger partial charge in [-0.25, -0.2) is 9.78 Å². The Morgan fingerprint density at radius 2 is 1.81 bits per heavy atom. The van der Waals surface area contributed by atoms with E-state index in [0.717, 1.165) is 36.6 Å². The minimum atomic E-state index is -2.43. The summed E-state index contributed by atoms with van der Waals surface area (Å²) in [6.45, 7) is 0.963. The number of rotatable bonds is 15. The van der Waals surface area contributed by atoms with Gasteiger partial charge in [-0.1, -0.05) is 31.1 Å². The van der Waals surface area contributed by atoms with Crippen LogP contribution in [0.15, 0.2) is 88.5 Å². The second kappa shape index (κ2) is 18.3. The van der Waals surface area contributed by atoms with E-state index in [-0.39, 0.29) is 53.1 Å². The predicted octanol–water partition coefficient (Wildman–Crippen LogP) is 3.84. The maximum absolute atomic E-state index is 13.8. The number of ether oxygens (including phenoxy) is 1. The molecule has 5 heterocycles. The van der Waals surface area contributed by atoms with Crippen LogP contribution in [-0.2, 0) is 27.4 Å². The van der Waals surface area contributed by atoms with Gasteiger partial charge >= 0.3 is 0 Å². The lowest BCUT2D eigenvalue weighted by Gasteiger charge is -2.51. The first-order valence-electron chi connectivity index (χ1n) is 23.5. The minimum Gasteiger partial charge on any atom is -0.508 e.